The van der Waals surface area contributed by atoms with Crippen LogP contribution in [0, 0.1) is 12.8 Å². The van der Waals surface area contributed by atoms with Crippen molar-refractivity contribution in [3.63, 3.8) is 0 Å². The zero-order valence-electron chi connectivity index (χ0n) is 13.4. The fourth-order valence-corrected chi connectivity index (χ4v) is 2.08. The van der Waals surface area contributed by atoms with Crippen molar-refractivity contribution in [2.24, 2.45) is 5.92 Å². The van der Waals surface area contributed by atoms with Crippen LogP contribution in [0.25, 0.3) is 0 Å². The van der Waals surface area contributed by atoms with Crippen molar-refractivity contribution in [2.75, 3.05) is 6.61 Å². The van der Waals surface area contributed by atoms with Gasteiger partial charge in [0.05, 0.1) is 6.61 Å². The fraction of sp³-hybridized carbons (Fsp3) is 0.611. The van der Waals surface area contributed by atoms with E-state index in [1.165, 1.54) is 11.1 Å². The van der Waals surface area contributed by atoms with Gasteiger partial charge in [-0.1, -0.05) is 26.8 Å². The molecule has 0 fully saturated rings. The van der Waals surface area contributed by atoms with Crippen LogP contribution in [-0.4, -0.2) is 12.4 Å². The lowest BCUT2D eigenvalue weighted by Crippen LogP contribution is -2.05. The van der Waals surface area contributed by atoms with E-state index in [-0.39, 0.29) is 0 Å². The number of carbonyl (C=O) groups excluding carboxylic acids is 1. The number of benzene rings is 1. The minimum absolute atomic E-state index is 0.371. The van der Waals surface area contributed by atoms with Crippen LogP contribution >= 0.6 is 0 Å². The van der Waals surface area contributed by atoms with Crippen molar-refractivity contribution < 1.29 is 9.53 Å². The number of ether oxygens (including phenoxy) is 1. The lowest BCUT2D eigenvalue weighted by molar-refractivity contribution is -0.118. The van der Waals surface area contributed by atoms with Gasteiger partial charge in [0.1, 0.15) is 11.5 Å². The highest BCUT2D eigenvalue weighted by Crippen LogP contribution is 2.20. The van der Waals surface area contributed by atoms with Crippen LogP contribution in [0.1, 0.15) is 57.6 Å². The topological polar surface area (TPSA) is 26.3 Å². The van der Waals surface area contributed by atoms with Crippen LogP contribution in [-0.2, 0) is 11.2 Å². The van der Waals surface area contributed by atoms with Gasteiger partial charge in [-0.2, -0.15) is 0 Å². The van der Waals surface area contributed by atoms with E-state index in [0.29, 0.717) is 18.1 Å². The molecule has 0 aromatic heterocycles. The molecule has 0 saturated carbocycles. The molecule has 0 amide bonds. The Labute approximate surface area is 123 Å². The van der Waals surface area contributed by atoms with Crippen LogP contribution < -0.4 is 4.74 Å². The Kier molecular flexibility index (Phi) is 7.35. The third-order valence-electron chi connectivity index (χ3n) is 3.45. The number of unbranched alkanes of at least 4 members (excludes halogenated alkanes) is 1. The Bertz CT molecular complexity index is 421. The number of hydrogen-bond acceptors (Lipinski definition) is 2. The maximum absolute atomic E-state index is 11.3. The van der Waals surface area contributed by atoms with Gasteiger partial charge in [-0.25, -0.2) is 0 Å². The largest absolute Gasteiger partial charge is 0.493 e. The molecule has 0 radical (unpaired) electrons. The Morgan fingerprint density at radius 3 is 2.65 bits per heavy atom. The van der Waals surface area contributed by atoms with Gasteiger partial charge in [-0.3, -0.25) is 4.79 Å². The molecule has 112 valence electrons. The number of rotatable bonds is 9. The maximum Gasteiger partial charge on any atom is 0.132 e. The van der Waals surface area contributed by atoms with E-state index >= 15 is 0 Å². The summed E-state index contributed by atoms with van der Waals surface area (Å²) < 4.78 is 5.77. The second-order valence-corrected chi connectivity index (χ2v) is 5.89. The maximum atomic E-state index is 11.3. The molecule has 2 heteroatoms. The van der Waals surface area contributed by atoms with Crippen molar-refractivity contribution >= 4 is 5.78 Å². The minimum Gasteiger partial charge on any atom is -0.493 e. The predicted octanol–water partition coefficient (Wildman–Crippen LogP) is 4.72. The molecular weight excluding hydrogens is 248 g/mol. The summed E-state index contributed by atoms with van der Waals surface area (Å²) in [4.78, 5) is 11.3. The standard InChI is InChI=1S/C18H28O2/c1-5-17(19)9-7-6-8-16-12-18(11-10-15(16)4)20-13-14(2)3/h10-12,14H,5-9,13H2,1-4H3. The molecule has 0 aliphatic heterocycles. The summed E-state index contributed by atoms with van der Waals surface area (Å²) in [5.41, 5.74) is 2.65. The van der Waals surface area contributed by atoms with Gasteiger partial charge >= 0.3 is 0 Å². The fourth-order valence-electron chi connectivity index (χ4n) is 2.08. The summed E-state index contributed by atoms with van der Waals surface area (Å²) in [6.45, 7) is 9.13. The van der Waals surface area contributed by atoms with E-state index in [2.05, 4.69) is 32.9 Å². The van der Waals surface area contributed by atoms with Crippen molar-refractivity contribution in [2.45, 2.75) is 59.8 Å². The highest BCUT2D eigenvalue weighted by Gasteiger charge is 2.04. The van der Waals surface area contributed by atoms with Crippen LogP contribution in [0.3, 0.4) is 0 Å². The Morgan fingerprint density at radius 2 is 2.00 bits per heavy atom. The smallest absolute Gasteiger partial charge is 0.132 e. The molecule has 0 bridgehead atoms. The number of hydrogen-bond donors (Lipinski definition) is 0. The Balaban J connectivity index is 2.47. The second kappa shape index (κ2) is 8.78. The molecule has 0 atom stereocenters. The predicted molar refractivity (Wildman–Crippen MR) is 84.4 cm³/mol. The molecule has 0 unspecified atom stereocenters. The monoisotopic (exact) mass is 276 g/mol. The summed E-state index contributed by atoms with van der Waals surface area (Å²) in [6, 6.07) is 6.32. The van der Waals surface area contributed by atoms with Gasteiger partial charge in [-0.15, -0.1) is 0 Å². The first-order valence-electron chi connectivity index (χ1n) is 7.77. The lowest BCUT2D eigenvalue weighted by Gasteiger charge is -2.12. The third-order valence-corrected chi connectivity index (χ3v) is 3.45. The summed E-state index contributed by atoms with van der Waals surface area (Å²) in [6.07, 6.45) is 4.47. The zero-order valence-corrected chi connectivity index (χ0v) is 13.4. The van der Waals surface area contributed by atoms with Crippen molar-refractivity contribution in [1.29, 1.82) is 0 Å². The summed E-state index contributed by atoms with van der Waals surface area (Å²) in [5, 5.41) is 0. The molecule has 0 aliphatic carbocycles. The second-order valence-electron chi connectivity index (χ2n) is 5.89. The van der Waals surface area contributed by atoms with E-state index in [1.54, 1.807) is 0 Å². The van der Waals surface area contributed by atoms with E-state index in [9.17, 15) is 4.79 Å². The number of aryl methyl sites for hydroxylation is 2. The van der Waals surface area contributed by atoms with E-state index in [1.807, 2.05) is 13.0 Å². The first kappa shape index (κ1) is 16.7. The molecule has 0 spiro atoms. The number of ketones is 1. The molecule has 1 aromatic rings. The van der Waals surface area contributed by atoms with Gasteiger partial charge in [0.25, 0.3) is 0 Å². The van der Waals surface area contributed by atoms with E-state index in [4.69, 9.17) is 4.74 Å². The van der Waals surface area contributed by atoms with Gasteiger partial charge in [0, 0.05) is 12.8 Å². The molecule has 0 aliphatic rings. The van der Waals surface area contributed by atoms with Gasteiger partial charge in [0.15, 0.2) is 0 Å². The van der Waals surface area contributed by atoms with Crippen molar-refractivity contribution in [3.05, 3.63) is 29.3 Å². The van der Waals surface area contributed by atoms with Crippen molar-refractivity contribution in [3.8, 4) is 5.75 Å². The van der Waals surface area contributed by atoms with Gasteiger partial charge in [0.2, 0.25) is 0 Å². The summed E-state index contributed by atoms with van der Waals surface area (Å²) >= 11 is 0. The molecule has 1 rings (SSSR count). The van der Waals surface area contributed by atoms with Crippen LogP contribution in [0.4, 0.5) is 0 Å². The number of carbonyl (C=O) groups is 1. The van der Waals surface area contributed by atoms with Gasteiger partial charge in [-0.05, 0) is 55.4 Å². The zero-order chi connectivity index (χ0) is 15.0. The first-order valence-corrected chi connectivity index (χ1v) is 7.77. The molecule has 0 saturated heterocycles. The normalized spacial score (nSPS) is 10.8. The van der Waals surface area contributed by atoms with Crippen molar-refractivity contribution in [1.82, 2.24) is 0 Å². The Morgan fingerprint density at radius 1 is 1.25 bits per heavy atom. The van der Waals surface area contributed by atoms with E-state index in [0.717, 1.165) is 38.0 Å². The first-order chi connectivity index (χ1) is 9.52. The van der Waals surface area contributed by atoms with Crippen LogP contribution in [0.2, 0.25) is 0 Å². The average molecular weight is 276 g/mol. The molecule has 0 heterocycles. The number of Topliss-reactive ketones (excluding diaryl/α,β-unsaturated/α-hetero) is 1. The molecule has 2 nitrogen and oxygen atoms in total. The Hall–Kier alpha value is -1.31. The summed E-state index contributed by atoms with van der Waals surface area (Å²) in [7, 11) is 0. The van der Waals surface area contributed by atoms with Crippen LogP contribution in [0.5, 0.6) is 5.75 Å². The van der Waals surface area contributed by atoms with Crippen LogP contribution in [0.15, 0.2) is 18.2 Å². The highest BCUT2D eigenvalue weighted by molar-refractivity contribution is 5.77. The van der Waals surface area contributed by atoms with E-state index < -0.39 is 0 Å². The highest BCUT2D eigenvalue weighted by atomic mass is 16.5. The van der Waals surface area contributed by atoms with Gasteiger partial charge < -0.3 is 4.74 Å². The minimum atomic E-state index is 0.371. The quantitative estimate of drug-likeness (QED) is 0.610. The summed E-state index contributed by atoms with van der Waals surface area (Å²) in [5.74, 6) is 1.87. The molecule has 1 aromatic carbocycles. The third kappa shape index (κ3) is 6.23. The SMILES string of the molecule is CCC(=O)CCCCc1cc(OCC(C)C)ccc1C. The molecule has 0 N–H and O–H groups in total. The molecule has 20 heavy (non-hydrogen) atoms. The lowest BCUT2D eigenvalue weighted by atomic mass is 10.0. The average Bonchev–Trinajstić information content (AvgIpc) is 2.43. The molecular formula is C18H28O2.